The monoisotopic (exact) mass is 603 g/mol. The third-order valence-corrected chi connectivity index (χ3v) is 8.46. The van der Waals surface area contributed by atoms with Gasteiger partial charge in [-0.05, 0) is 34.7 Å². The number of furan rings is 1. The van der Waals surface area contributed by atoms with Gasteiger partial charge in [-0.2, -0.15) is 0 Å². The minimum absolute atomic E-state index is 0.606. The van der Waals surface area contributed by atoms with Gasteiger partial charge in [0.15, 0.2) is 17.5 Å². The first-order valence-corrected chi connectivity index (χ1v) is 15.4. The molecule has 0 saturated carbocycles. The van der Waals surface area contributed by atoms with E-state index in [1.807, 2.05) is 110 Å². The molecule has 0 aliphatic rings. The summed E-state index contributed by atoms with van der Waals surface area (Å²) in [4.78, 5) is 24.3. The van der Waals surface area contributed by atoms with Crippen LogP contribution in [-0.4, -0.2) is 24.9 Å². The molecular formula is C41H25N5O. The molecule has 5 aromatic carbocycles. The SMILES string of the molecule is c1ccc(-c2nc(-c3ccccc3)nc(-c3cccc(-c4cccc5ccnc(-c6cncc7c6oc6ccccc67)c45)c3)n2)cc1. The largest absolute Gasteiger partial charge is 0.455 e. The molecule has 47 heavy (non-hydrogen) atoms. The van der Waals surface area contributed by atoms with Crippen LogP contribution >= 0.6 is 0 Å². The normalized spacial score (nSPS) is 11.4. The van der Waals surface area contributed by atoms with E-state index in [2.05, 4.69) is 47.4 Å². The Morgan fingerprint density at radius 2 is 1.11 bits per heavy atom. The molecule has 0 radical (unpaired) electrons. The van der Waals surface area contributed by atoms with Crippen LogP contribution in [0.25, 0.3) is 89.3 Å². The number of para-hydroxylation sites is 1. The fourth-order valence-corrected chi connectivity index (χ4v) is 6.25. The molecule has 0 N–H and O–H groups in total. The Labute approximate surface area is 270 Å². The van der Waals surface area contributed by atoms with Gasteiger partial charge in [-0.1, -0.05) is 115 Å². The molecule has 0 fully saturated rings. The summed E-state index contributed by atoms with van der Waals surface area (Å²) in [5.74, 6) is 1.86. The Kier molecular flexibility index (Phi) is 6.35. The quantitative estimate of drug-likeness (QED) is 0.195. The molecule has 9 rings (SSSR count). The van der Waals surface area contributed by atoms with Gasteiger partial charge in [-0.25, -0.2) is 15.0 Å². The molecule has 4 aromatic heterocycles. The first kappa shape index (κ1) is 26.8. The first-order valence-electron chi connectivity index (χ1n) is 15.4. The number of aromatic nitrogens is 5. The third kappa shape index (κ3) is 4.71. The molecule has 0 atom stereocenters. The van der Waals surface area contributed by atoms with Gasteiger partial charge < -0.3 is 4.42 Å². The topological polar surface area (TPSA) is 77.6 Å². The van der Waals surface area contributed by atoms with E-state index < -0.39 is 0 Å². The van der Waals surface area contributed by atoms with Crippen LogP contribution in [0.4, 0.5) is 0 Å². The third-order valence-electron chi connectivity index (χ3n) is 8.46. The van der Waals surface area contributed by atoms with Gasteiger partial charge in [-0.3, -0.25) is 9.97 Å². The lowest BCUT2D eigenvalue weighted by molar-refractivity contribution is 0.669. The lowest BCUT2D eigenvalue weighted by atomic mass is 9.94. The van der Waals surface area contributed by atoms with Gasteiger partial charge in [0.1, 0.15) is 11.2 Å². The molecule has 0 unspecified atom stereocenters. The molecule has 4 heterocycles. The molecule has 0 bridgehead atoms. The van der Waals surface area contributed by atoms with E-state index in [1.54, 1.807) is 0 Å². The number of nitrogens with zero attached hydrogens (tertiary/aromatic N) is 5. The zero-order valence-electron chi connectivity index (χ0n) is 25.1. The number of hydrogen-bond donors (Lipinski definition) is 0. The van der Waals surface area contributed by atoms with Crippen molar-refractivity contribution in [2.45, 2.75) is 0 Å². The van der Waals surface area contributed by atoms with E-state index in [4.69, 9.17) is 24.4 Å². The summed E-state index contributed by atoms with van der Waals surface area (Å²) in [6, 6.07) is 44.8. The Balaban J connectivity index is 1.23. The number of pyridine rings is 2. The Bertz CT molecular complexity index is 2520. The van der Waals surface area contributed by atoms with E-state index in [-0.39, 0.29) is 0 Å². The zero-order valence-corrected chi connectivity index (χ0v) is 25.1. The van der Waals surface area contributed by atoms with E-state index in [9.17, 15) is 0 Å². The second-order valence-corrected chi connectivity index (χ2v) is 11.3. The highest BCUT2D eigenvalue weighted by molar-refractivity contribution is 6.13. The predicted molar refractivity (Wildman–Crippen MR) is 187 cm³/mol. The molecule has 9 aromatic rings. The van der Waals surface area contributed by atoms with Gasteiger partial charge in [0.05, 0.1) is 11.3 Å². The van der Waals surface area contributed by atoms with Gasteiger partial charge in [-0.15, -0.1) is 0 Å². The van der Waals surface area contributed by atoms with E-state index in [1.165, 1.54) is 0 Å². The molecule has 6 heteroatoms. The van der Waals surface area contributed by atoms with Crippen molar-refractivity contribution in [3.8, 4) is 56.5 Å². The molecular weight excluding hydrogens is 578 g/mol. The van der Waals surface area contributed by atoms with E-state index >= 15 is 0 Å². The second kappa shape index (κ2) is 11.1. The van der Waals surface area contributed by atoms with Crippen molar-refractivity contribution in [2.75, 3.05) is 0 Å². The fourth-order valence-electron chi connectivity index (χ4n) is 6.25. The summed E-state index contributed by atoms with van der Waals surface area (Å²) >= 11 is 0. The number of rotatable bonds is 5. The van der Waals surface area contributed by atoms with Crippen molar-refractivity contribution in [2.24, 2.45) is 0 Å². The highest BCUT2D eigenvalue weighted by atomic mass is 16.3. The lowest BCUT2D eigenvalue weighted by Gasteiger charge is -2.13. The summed E-state index contributed by atoms with van der Waals surface area (Å²) in [5, 5.41) is 4.10. The van der Waals surface area contributed by atoms with Crippen LogP contribution in [0.3, 0.4) is 0 Å². The predicted octanol–water partition coefficient (Wildman–Crippen LogP) is 10.0. The van der Waals surface area contributed by atoms with Crippen LogP contribution in [0.2, 0.25) is 0 Å². The minimum atomic E-state index is 0.606. The summed E-state index contributed by atoms with van der Waals surface area (Å²) in [6.07, 6.45) is 5.56. The van der Waals surface area contributed by atoms with Crippen LogP contribution in [0.5, 0.6) is 0 Å². The number of benzene rings is 5. The highest BCUT2D eigenvalue weighted by Gasteiger charge is 2.19. The number of hydrogen-bond acceptors (Lipinski definition) is 6. The summed E-state index contributed by atoms with van der Waals surface area (Å²) < 4.78 is 6.40. The number of fused-ring (bicyclic) bond motifs is 4. The average Bonchev–Trinajstić information content (AvgIpc) is 3.54. The highest BCUT2D eigenvalue weighted by Crippen LogP contribution is 2.40. The lowest BCUT2D eigenvalue weighted by Crippen LogP contribution is -2.00. The fraction of sp³-hybridized carbons (Fsp3) is 0. The van der Waals surface area contributed by atoms with Crippen molar-refractivity contribution in [1.82, 2.24) is 24.9 Å². The maximum Gasteiger partial charge on any atom is 0.164 e. The van der Waals surface area contributed by atoms with Gasteiger partial charge in [0, 0.05) is 51.4 Å². The van der Waals surface area contributed by atoms with Crippen LogP contribution in [0.1, 0.15) is 0 Å². The van der Waals surface area contributed by atoms with Crippen molar-refractivity contribution in [3.05, 3.63) is 152 Å². The summed E-state index contributed by atoms with van der Waals surface area (Å²) in [5.41, 5.74) is 8.09. The standard InChI is InChI=1S/C41H25N5O/c1-3-11-27(12-4-1)39-44-40(28-13-5-2-6-14-28)46-41(45-39)30-17-9-16-29(23-30)31-19-10-15-26-21-22-43-37(36(26)31)34-25-42-24-33-32-18-7-8-20-35(32)47-38(33)34/h1-25H. The average molecular weight is 604 g/mol. The molecule has 0 spiro atoms. The van der Waals surface area contributed by atoms with Crippen LogP contribution < -0.4 is 0 Å². The van der Waals surface area contributed by atoms with Gasteiger partial charge >= 0.3 is 0 Å². The zero-order chi connectivity index (χ0) is 31.2. The van der Waals surface area contributed by atoms with Crippen molar-refractivity contribution in [3.63, 3.8) is 0 Å². The Morgan fingerprint density at radius 3 is 1.87 bits per heavy atom. The summed E-state index contributed by atoms with van der Waals surface area (Å²) in [7, 11) is 0. The van der Waals surface area contributed by atoms with Crippen molar-refractivity contribution in [1.29, 1.82) is 0 Å². The van der Waals surface area contributed by atoms with E-state index in [0.717, 1.165) is 71.8 Å². The molecule has 0 saturated heterocycles. The van der Waals surface area contributed by atoms with Crippen molar-refractivity contribution < 1.29 is 4.42 Å². The van der Waals surface area contributed by atoms with E-state index in [0.29, 0.717) is 17.5 Å². The minimum Gasteiger partial charge on any atom is -0.455 e. The molecule has 220 valence electrons. The first-order chi connectivity index (χ1) is 23.3. The molecule has 0 aliphatic heterocycles. The van der Waals surface area contributed by atoms with Crippen LogP contribution in [0.15, 0.2) is 156 Å². The molecule has 6 nitrogen and oxygen atoms in total. The second-order valence-electron chi connectivity index (χ2n) is 11.3. The van der Waals surface area contributed by atoms with Crippen LogP contribution in [-0.2, 0) is 0 Å². The smallest absolute Gasteiger partial charge is 0.164 e. The van der Waals surface area contributed by atoms with Gasteiger partial charge in [0.2, 0.25) is 0 Å². The Morgan fingerprint density at radius 1 is 0.468 bits per heavy atom. The maximum absolute atomic E-state index is 6.40. The summed E-state index contributed by atoms with van der Waals surface area (Å²) in [6.45, 7) is 0. The van der Waals surface area contributed by atoms with Crippen LogP contribution in [0, 0.1) is 0 Å². The van der Waals surface area contributed by atoms with Gasteiger partial charge in [0.25, 0.3) is 0 Å². The maximum atomic E-state index is 6.40. The molecule has 0 aliphatic carbocycles. The Hall–Kier alpha value is -6.53. The molecule has 0 amide bonds. The van der Waals surface area contributed by atoms with Crippen molar-refractivity contribution >= 4 is 32.7 Å².